The van der Waals surface area contributed by atoms with Gasteiger partial charge in [0.15, 0.2) is 0 Å². The highest BCUT2D eigenvalue weighted by Gasteiger charge is 2.23. The highest BCUT2D eigenvalue weighted by molar-refractivity contribution is 5.35. The van der Waals surface area contributed by atoms with Crippen LogP contribution in [0.4, 0.5) is 0 Å². The van der Waals surface area contributed by atoms with Crippen LogP contribution < -0.4 is 16.2 Å². The number of benzene rings is 1. The van der Waals surface area contributed by atoms with Crippen molar-refractivity contribution >= 4 is 0 Å². The number of nitrogens with two attached hydrogens (primary N) is 2. The Hall–Kier alpha value is -1.06. The number of para-hydroxylation sites is 1. The summed E-state index contributed by atoms with van der Waals surface area (Å²) in [5.41, 5.74) is 12.6. The monoisotopic (exact) mass is 192 g/mol. The molecule has 0 fully saturated rings. The van der Waals surface area contributed by atoms with Gasteiger partial charge in [-0.05, 0) is 24.5 Å². The first kappa shape index (κ1) is 9.49. The average Bonchev–Trinajstić information content (AvgIpc) is 2.27. The normalized spacial score (nSPS) is 22.3. The van der Waals surface area contributed by atoms with E-state index in [4.69, 9.17) is 16.2 Å². The summed E-state index contributed by atoms with van der Waals surface area (Å²) in [5.74, 6) is 0.965. The van der Waals surface area contributed by atoms with Gasteiger partial charge in [-0.3, -0.25) is 0 Å². The lowest BCUT2D eigenvalue weighted by Crippen LogP contribution is -2.45. The summed E-state index contributed by atoms with van der Waals surface area (Å²) < 4.78 is 5.78. The highest BCUT2D eigenvalue weighted by atomic mass is 16.5. The fourth-order valence-corrected chi connectivity index (χ4v) is 1.80. The highest BCUT2D eigenvalue weighted by Crippen LogP contribution is 2.27. The molecule has 1 aliphatic heterocycles. The van der Waals surface area contributed by atoms with Gasteiger partial charge in [0.1, 0.15) is 11.9 Å². The lowest BCUT2D eigenvalue weighted by Gasteiger charge is -2.29. The molecule has 0 bridgehead atoms. The quantitative estimate of drug-likeness (QED) is 0.724. The summed E-state index contributed by atoms with van der Waals surface area (Å²) in [6, 6.07) is 8.05. The molecule has 1 aromatic carbocycles. The van der Waals surface area contributed by atoms with Crippen LogP contribution in [0.25, 0.3) is 0 Å². The van der Waals surface area contributed by atoms with E-state index >= 15 is 0 Å². The molecule has 76 valence electrons. The molecule has 0 aliphatic carbocycles. The third-order valence-corrected chi connectivity index (χ3v) is 2.70. The van der Waals surface area contributed by atoms with Crippen molar-refractivity contribution in [1.82, 2.24) is 0 Å². The summed E-state index contributed by atoms with van der Waals surface area (Å²) in [7, 11) is 0. The average molecular weight is 192 g/mol. The van der Waals surface area contributed by atoms with E-state index in [1.807, 2.05) is 18.2 Å². The molecule has 1 aromatic rings. The van der Waals surface area contributed by atoms with Crippen LogP contribution in [0.2, 0.25) is 0 Å². The van der Waals surface area contributed by atoms with Crippen molar-refractivity contribution in [3.05, 3.63) is 29.8 Å². The second-order valence-electron chi connectivity index (χ2n) is 3.70. The standard InChI is InChI=1S/C11H16N2O/c12-7-9(13)11-6-5-8-3-1-2-4-10(8)14-11/h1-4,9,11H,5-7,12-13H2. The van der Waals surface area contributed by atoms with Crippen molar-refractivity contribution in [2.75, 3.05) is 6.54 Å². The van der Waals surface area contributed by atoms with E-state index < -0.39 is 0 Å². The fraction of sp³-hybridized carbons (Fsp3) is 0.455. The second kappa shape index (κ2) is 3.98. The zero-order valence-corrected chi connectivity index (χ0v) is 8.15. The summed E-state index contributed by atoms with van der Waals surface area (Å²) in [5, 5.41) is 0. The van der Waals surface area contributed by atoms with Crippen LogP contribution in [0.5, 0.6) is 5.75 Å². The van der Waals surface area contributed by atoms with E-state index in [2.05, 4.69) is 6.07 Å². The molecule has 2 unspecified atom stereocenters. The van der Waals surface area contributed by atoms with Crippen molar-refractivity contribution in [1.29, 1.82) is 0 Å². The first-order chi connectivity index (χ1) is 6.81. The molecule has 3 nitrogen and oxygen atoms in total. The van der Waals surface area contributed by atoms with Crippen LogP contribution in [0, 0.1) is 0 Å². The molecule has 0 saturated heterocycles. The van der Waals surface area contributed by atoms with E-state index in [0.717, 1.165) is 18.6 Å². The number of hydrogen-bond donors (Lipinski definition) is 2. The van der Waals surface area contributed by atoms with Crippen molar-refractivity contribution in [2.24, 2.45) is 11.5 Å². The topological polar surface area (TPSA) is 61.3 Å². The van der Waals surface area contributed by atoms with Gasteiger partial charge in [0, 0.05) is 6.54 Å². The van der Waals surface area contributed by atoms with Gasteiger partial charge in [-0.1, -0.05) is 18.2 Å². The summed E-state index contributed by atoms with van der Waals surface area (Å²) in [4.78, 5) is 0. The van der Waals surface area contributed by atoms with E-state index in [9.17, 15) is 0 Å². The molecule has 14 heavy (non-hydrogen) atoms. The first-order valence-electron chi connectivity index (χ1n) is 5.01. The molecule has 0 amide bonds. The number of fused-ring (bicyclic) bond motifs is 1. The van der Waals surface area contributed by atoms with E-state index in [1.54, 1.807) is 0 Å². The van der Waals surface area contributed by atoms with Crippen molar-refractivity contribution in [3.63, 3.8) is 0 Å². The van der Waals surface area contributed by atoms with Crippen LogP contribution in [0.3, 0.4) is 0 Å². The Balaban J connectivity index is 2.13. The van der Waals surface area contributed by atoms with Crippen LogP contribution in [-0.2, 0) is 6.42 Å². The number of rotatable bonds is 2. The van der Waals surface area contributed by atoms with E-state index in [-0.39, 0.29) is 12.1 Å². The lowest BCUT2D eigenvalue weighted by molar-refractivity contribution is 0.147. The van der Waals surface area contributed by atoms with Gasteiger partial charge in [-0.25, -0.2) is 0 Å². The Kier molecular flexibility index (Phi) is 2.70. The van der Waals surface area contributed by atoms with Gasteiger partial charge in [-0.15, -0.1) is 0 Å². The van der Waals surface area contributed by atoms with Gasteiger partial charge in [0.2, 0.25) is 0 Å². The Morgan fingerprint density at radius 3 is 3.00 bits per heavy atom. The molecular formula is C11H16N2O. The van der Waals surface area contributed by atoms with Gasteiger partial charge in [0.25, 0.3) is 0 Å². The van der Waals surface area contributed by atoms with Crippen LogP contribution in [0.1, 0.15) is 12.0 Å². The molecule has 0 radical (unpaired) electrons. The molecule has 1 aliphatic rings. The molecule has 0 aromatic heterocycles. The minimum Gasteiger partial charge on any atom is -0.488 e. The predicted molar refractivity (Wildman–Crippen MR) is 56.2 cm³/mol. The van der Waals surface area contributed by atoms with Crippen molar-refractivity contribution in [2.45, 2.75) is 25.0 Å². The van der Waals surface area contributed by atoms with Crippen molar-refractivity contribution in [3.8, 4) is 5.75 Å². The molecule has 1 heterocycles. The maximum Gasteiger partial charge on any atom is 0.122 e. The van der Waals surface area contributed by atoms with Crippen LogP contribution >= 0.6 is 0 Å². The smallest absolute Gasteiger partial charge is 0.122 e. The minimum absolute atomic E-state index is 0.0524. The van der Waals surface area contributed by atoms with Gasteiger partial charge in [-0.2, -0.15) is 0 Å². The molecule has 3 heteroatoms. The lowest BCUT2D eigenvalue weighted by atomic mass is 9.98. The van der Waals surface area contributed by atoms with Crippen LogP contribution in [0.15, 0.2) is 24.3 Å². The largest absolute Gasteiger partial charge is 0.488 e. The summed E-state index contributed by atoms with van der Waals surface area (Å²) >= 11 is 0. The molecule has 2 rings (SSSR count). The van der Waals surface area contributed by atoms with E-state index in [0.29, 0.717) is 6.54 Å². The fourth-order valence-electron chi connectivity index (χ4n) is 1.80. The number of ether oxygens (including phenoxy) is 1. The maximum absolute atomic E-state index is 5.85. The third-order valence-electron chi connectivity index (χ3n) is 2.70. The first-order valence-corrected chi connectivity index (χ1v) is 5.01. The third kappa shape index (κ3) is 1.74. The van der Waals surface area contributed by atoms with Crippen molar-refractivity contribution < 1.29 is 4.74 Å². The summed E-state index contributed by atoms with van der Waals surface area (Å²) in [6.07, 6.45) is 2.08. The molecule has 4 N–H and O–H groups in total. The minimum atomic E-state index is -0.0524. The predicted octanol–water partition coefficient (Wildman–Crippen LogP) is 0.666. The zero-order chi connectivity index (χ0) is 9.97. The zero-order valence-electron chi connectivity index (χ0n) is 8.15. The Labute approximate surface area is 84.0 Å². The molecule has 0 spiro atoms. The molecule has 2 atom stereocenters. The number of hydrogen-bond acceptors (Lipinski definition) is 3. The second-order valence-corrected chi connectivity index (χ2v) is 3.70. The van der Waals surface area contributed by atoms with Crippen LogP contribution in [-0.4, -0.2) is 18.7 Å². The van der Waals surface area contributed by atoms with Gasteiger partial charge < -0.3 is 16.2 Å². The SMILES string of the molecule is NCC(N)C1CCc2ccccc2O1. The molecular weight excluding hydrogens is 176 g/mol. The van der Waals surface area contributed by atoms with Gasteiger partial charge in [0.05, 0.1) is 6.04 Å². The number of aryl methyl sites for hydroxylation is 1. The van der Waals surface area contributed by atoms with E-state index in [1.165, 1.54) is 5.56 Å². The summed E-state index contributed by atoms with van der Waals surface area (Å²) in [6.45, 7) is 0.479. The molecule has 0 saturated carbocycles. The Bertz CT molecular complexity index is 314. The Morgan fingerprint density at radius 1 is 1.43 bits per heavy atom. The van der Waals surface area contributed by atoms with Gasteiger partial charge >= 0.3 is 0 Å². The maximum atomic E-state index is 5.85. The Morgan fingerprint density at radius 2 is 2.21 bits per heavy atom.